The Morgan fingerprint density at radius 3 is 2.47 bits per heavy atom. The van der Waals surface area contributed by atoms with Crippen LogP contribution >= 0.6 is 0 Å². The van der Waals surface area contributed by atoms with Gasteiger partial charge in [0.25, 0.3) is 0 Å². The van der Waals surface area contributed by atoms with E-state index in [4.69, 9.17) is 10.3 Å². The average molecular weight is 445 g/mol. The molecule has 1 atom stereocenters. The van der Waals surface area contributed by atoms with E-state index in [1.54, 1.807) is 43.3 Å². The summed E-state index contributed by atoms with van der Waals surface area (Å²) in [6.45, 7) is 1.80. The third-order valence-electron chi connectivity index (χ3n) is 6.02. The van der Waals surface area contributed by atoms with Crippen molar-refractivity contribution < 1.29 is 24.4 Å². The SMILES string of the molecule is C[NH2+]C(=NN=N)NC(=O)CN1CCC(N2CCC(C(=O)c3ccc(OC)cc3)CC2)C1=O. The monoisotopic (exact) mass is 444 g/mol. The van der Waals surface area contributed by atoms with E-state index in [1.807, 2.05) is 0 Å². The van der Waals surface area contributed by atoms with E-state index < -0.39 is 0 Å². The first-order valence-corrected chi connectivity index (χ1v) is 10.7. The van der Waals surface area contributed by atoms with Gasteiger partial charge in [-0.05, 0) is 61.8 Å². The molecule has 0 radical (unpaired) electrons. The number of benzene rings is 1. The van der Waals surface area contributed by atoms with Gasteiger partial charge < -0.3 is 9.64 Å². The number of carbonyl (C=O) groups is 3. The molecule has 172 valence electrons. The van der Waals surface area contributed by atoms with E-state index in [0.29, 0.717) is 44.5 Å². The number of nitrogens with zero attached hydrogens (tertiary/aromatic N) is 4. The van der Waals surface area contributed by atoms with Gasteiger partial charge in [0.2, 0.25) is 11.8 Å². The normalized spacial score (nSPS) is 20.3. The number of piperidine rings is 1. The van der Waals surface area contributed by atoms with E-state index in [9.17, 15) is 14.4 Å². The summed E-state index contributed by atoms with van der Waals surface area (Å²) < 4.78 is 5.15. The molecule has 0 saturated carbocycles. The number of Topliss-reactive ketones (excluding diaryl/α,β-unsaturated/α-hetero) is 1. The smallest absolute Gasteiger partial charge is 0.326 e. The standard InChI is InChI=1S/C21H29N7O4/c1-23-21(25-26-22)24-18(29)13-28-12-9-17(20(28)31)27-10-7-15(8-11-27)19(30)14-3-5-16(32-2)6-4-14/h3-6,15,17H,7-13H2,1-2H3,(H3,22,23,24,25,29)/p+1. The number of rotatable bonds is 7. The topological polar surface area (TPSA) is 144 Å². The summed E-state index contributed by atoms with van der Waals surface area (Å²) in [5.74, 6) is 0.540. The average Bonchev–Trinajstić information content (AvgIpc) is 3.18. The van der Waals surface area contributed by atoms with Gasteiger partial charge in [-0.25, -0.2) is 0 Å². The highest BCUT2D eigenvalue weighted by molar-refractivity contribution is 5.98. The molecule has 11 heteroatoms. The minimum atomic E-state index is -0.372. The number of methoxy groups -OCH3 is 1. The first kappa shape index (κ1) is 23.5. The summed E-state index contributed by atoms with van der Waals surface area (Å²) in [5.41, 5.74) is 7.44. The number of quaternary nitrogens is 1. The molecule has 0 aliphatic carbocycles. The predicted molar refractivity (Wildman–Crippen MR) is 115 cm³/mol. The number of nitrogens with one attached hydrogen (secondary N) is 2. The number of ketones is 1. The maximum absolute atomic E-state index is 12.9. The van der Waals surface area contributed by atoms with Crippen molar-refractivity contribution in [1.82, 2.24) is 15.1 Å². The molecular weight excluding hydrogens is 414 g/mol. The van der Waals surface area contributed by atoms with Crippen molar-refractivity contribution in [2.45, 2.75) is 25.3 Å². The Morgan fingerprint density at radius 1 is 1.19 bits per heavy atom. The van der Waals surface area contributed by atoms with E-state index in [2.05, 4.69) is 20.5 Å². The Labute approximate surface area is 186 Å². The first-order chi connectivity index (χ1) is 15.5. The first-order valence-electron chi connectivity index (χ1n) is 10.7. The molecule has 2 fully saturated rings. The minimum Gasteiger partial charge on any atom is -0.497 e. The molecule has 2 aliphatic rings. The van der Waals surface area contributed by atoms with Gasteiger partial charge in [-0.15, -0.1) is 0 Å². The molecule has 2 saturated heterocycles. The van der Waals surface area contributed by atoms with Gasteiger partial charge in [0, 0.05) is 18.0 Å². The Hall–Kier alpha value is -3.18. The molecule has 1 aromatic rings. The number of hydrogen-bond donors (Lipinski definition) is 3. The van der Waals surface area contributed by atoms with Crippen molar-refractivity contribution in [2.24, 2.45) is 16.2 Å². The summed E-state index contributed by atoms with van der Waals surface area (Å²) >= 11 is 0. The second kappa shape index (κ2) is 10.9. The second-order valence-corrected chi connectivity index (χ2v) is 7.89. The Balaban J connectivity index is 1.50. The highest BCUT2D eigenvalue weighted by Gasteiger charge is 2.39. The van der Waals surface area contributed by atoms with Crippen molar-refractivity contribution in [2.75, 3.05) is 40.3 Å². The zero-order valence-electron chi connectivity index (χ0n) is 18.4. The molecule has 0 spiro atoms. The molecule has 4 N–H and O–H groups in total. The fraction of sp³-hybridized carbons (Fsp3) is 0.524. The summed E-state index contributed by atoms with van der Waals surface area (Å²) in [7, 11) is 3.26. The van der Waals surface area contributed by atoms with Crippen LogP contribution in [0.25, 0.3) is 0 Å². The van der Waals surface area contributed by atoms with Crippen LogP contribution in [-0.2, 0) is 9.59 Å². The van der Waals surface area contributed by atoms with Crippen molar-refractivity contribution in [1.29, 1.82) is 5.53 Å². The lowest BCUT2D eigenvalue weighted by molar-refractivity contribution is -0.510. The molecule has 0 bridgehead atoms. The van der Waals surface area contributed by atoms with Gasteiger partial charge in [0.1, 0.15) is 12.3 Å². The Morgan fingerprint density at radius 2 is 1.88 bits per heavy atom. The van der Waals surface area contributed by atoms with Crippen molar-refractivity contribution >= 4 is 23.6 Å². The third kappa shape index (κ3) is 5.54. The summed E-state index contributed by atoms with van der Waals surface area (Å²) in [5, 5.41) is 10.5. The highest BCUT2D eigenvalue weighted by Crippen LogP contribution is 2.27. The summed E-state index contributed by atoms with van der Waals surface area (Å²) in [6, 6.07) is 6.91. The van der Waals surface area contributed by atoms with Gasteiger partial charge in [0.15, 0.2) is 5.78 Å². The zero-order valence-corrected chi connectivity index (χ0v) is 18.4. The van der Waals surface area contributed by atoms with E-state index in [0.717, 1.165) is 5.75 Å². The molecular formula is C21H30N7O4+. The van der Waals surface area contributed by atoms with Crippen LogP contribution in [0, 0.1) is 11.4 Å². The molecule has 1 aromatic carbocycles. The number of ether oxygens (including phenoxy) is 1. The van der Waals surface area contributed by atoms with Gasteiger partial charge in [-0.3, -0.25) is 29.9 Å². The number of nitrogens with two attached hydrogens (primary N) is 1. The van der Waals surface area contributed by atoms with Crippen LogP contribution in [0.3, 0.4) is 0 Å². The number of guanidine groups is 1. The number of amides is 2. The lowest BCUT2D eigenvalue weighted by Gasteiger charge is -2.34. The number of hydrogen-bond acceptors (Lipinski definition) is 7. The van der Waals surface area contributed by atoms with E-state index in [1.165, 1.54) is 5.32 Å². The van der Waals surface area contributed by atoms with E-state index >= 15 is 0 Å². The number of carbonyl (C=O) groups excluding carboxylic acids is 3. The molecule has 11 nitrogen and oxygen atoms in total. The van der Waals surface area contributed by atoms with Crippen molar-refractivity contribution in [3.63, 3.8) is 0 Å². The summed E-state index contributed by atoms with van der Waals surface area (Å²) in [4.78, 5) is 41.5. The highest BCUT2D eigenvalue weighted by atomic mass is 16.5. The lowest BCUT2D eigenvalue weighted by atomic mass is 9.88. The van der Waals surface area contributed by atoms with Crippen LogP contribution in [0.2, 0.25) is 0 Å². The van der Waals surface area contributed by atoms with Gasteiger partial charge in [-0.2, -0.15) is 5.53 Å². The van der Waals surface area contributed by atoms with Crippen LogP contribution in [0.1, 0.15) is 29.6 Å². The lowest BCUT2D eigenvalue weighted by Crippen LogP contribution is -2.88. The van der Waals surface area contributed by atoms with Gasteiger partial charge in [-0.1, -0.05) is 5.10 Å². The second-order valence-electron chi connectivity index (χ2n) is 7.89. The zero-order chi connectivity index (χ0) is 23.1. The molecule has 2 amide bonds. The quantitative estimate of drug-likeness (QED) is 0.175. The van der Waals surface area contributed by atoms with Crippen LogP contribution in [0.4, 0.5) is 0 Å². The van der Waals surface area contributed by atoms with Crippen molar-refractivity contribution in [3.05, 3.63) is 29.8 Å². The maximum Gasteiger partial charge on any atom is 0.326 e. The van der Waals surface area contributed by atoms with Crippen molar-refractivity contribution in [3.8, 4) is 5.75 Å². The fourth-order valence-corrected chi connectivity index (χ4v) is 4.25. The Bertz CT molecular complexity index is 879. The van der Waals surface area contributed by atoms with Gasteiger partial charge >= 0.3 is 5.96 Å². The number of likely N-dealkylation sites (tertiary alicyclic amines) is 2. The largest absolute Gasteiger partial charge is 0.497 e. The van der Waals surface area contributed by atoms with Crippen LogP contribution in [0.15, 0.2) is 34.6 Å². The molecule has 2 heterocycles. The van der Waals surface area contributed by atoms with Gasteiger partial charge in [0.05, 0.1) is 20.2 Å². The van der Waals surface area contributed by atoms with Crippen LogP contribution in [0.5, 0.6) is 5.75 Å². The molecule has 2 aliphatic heterocycles. The van der Waals surface area contributed by atoms with Crippen LogP contribution in [-0.4, -0.2) is 79.7 Å². The molecule has 32 heavy (non-hydrogen) atoms. The van der Waals surface area contributed by atoms with Crippen LogP contribution < -0.4 is 15.4 Å². The molecule has 3 rings (SSSR count). The minimum absolute atomic E-state index is 0.0523. The predicted octanol–water partition coefficient (Wildman–Crippen LogP) is -0.198. The molecule has 0 aromatic heterocycles. The summed E-state index contributed by atoms with van der Waals surface area (Å²) in [6.07, 6.45) is 2.07. The van der Waals surface area contributed by atoms with E-state index in [-0.39, 0.29) is 42.1 Å². The molecule has 1 unspecified atom stereocenters. The maximum atomic E-state index is 12.9. The third-order valence-corrected chi connectivity index (χ3v) is 6.02. The Kier molecular flexibility index (Phi) is 8.01. The fourth-order valence-electron chi connectivity index (χ4n) is 4.25.